The molecule has 0 amide bonds. The molecular weight excluding hydrogens is 158 g/mol. The summed E-state index contributed by atoms with van der Waals surface area (Å²) in [6.45, 7) is 12.7. The van der Waals surface area contributed by atoms with Gasteiger partial charge in [0.1, 0.15) is 0 Å². The van der Waals surface area contributed by atoms with Crippen LogP contribution < -0.4 is 0 Å². The first-order valence-electron chi connectivity index (χ1n) is 4.93. The first kappa shape index (κ1) is 12.2. The van der Waals surface area contributed by atoms with Gasteiger partial charge in [0.15, 0.2) is 0 Å². The summed E-state index contributed by atoms with van der Waals surface area (Å²) in [6, 6.07) is 2.06. The number of aryl methyl sites for hydroxylation is 1. The van der Waals surface area contributed by atoms with Crippen molar-refractivity contribution in [2.75, 3.05) is 0 Å². The maximum absolute atomic E-state index is 4.11. The van der Waals surface area contributed by atoms with Gasteiger partial charge < -0.3 is 0 Å². The second kappa shape index (κ2) is 5.00. The molecule has 74 valence electrons. The van der Waals surface area contributed by atoms with Crippen LogP contribution in [0.1, 0.15) is 45.7 Å². The molecule has 1 nitrogen and oxygen atoms in total. The average molecular weight is 179 g/mol. The Hall–Kier alpha value is -0.850. The highest BCUT2D eigenvalue weighted by molar-refractivity contribution is 5.27. The van der Waals surface area contributed by atoms with Crippen LogP contribution in [-0.4, -0.2) is 4.98 Å². The van der Waals surface area contributed by atoms with Gasteiger partial charge in [0.25, 0.3) is 0 Å². The molecule has 0 radical (unpaired) electrons. The Balaban J connectivity index is 0.000000671. The van der Waals surface area contributed by atoms with E-state index >= 15 is 0 Å². The monoisotopic (exact) mass is 179 g/mol. The van der Waals surface area contributed by atoms with E-state index in [4.69, 9.17) is 0 Å². The van der Waals surface area contributed by atoms with Gasteiger partial charge in [-0.1, -0.05) is 34.6 Å². The molecule has 0 bridgehead atoms. The predicted octanol–water partition coefficient (Wildman–Crippen LogP) is 3.71. The summed E-state index contributed by atoms with van der Waals surface area (Å²) in [5.41, 5.74) is 2.88. The first-order valence-corrected chi connectivity index (χ1v) is 4.93. The first-order chi connectivity index (χ1) is 6.02. The quantitative estimate of drug-likeness (QED) is 0.591. The Kier molecular flexibility index (Phi) is 4.68. The summed E-state index contributed by atoms with van der Waals surface area (Å²) in [5, 5.41) is 0. The molecule has 1 aromatic heterocycles. The molecule has 1 rings (SSSR count). The predicted molar refractivity (Wildman–Crippen MR) is 59.0 cm³/mol. The Morgan fingerprint density at radius 1 is 1.15 bits per heavy atom. The summed E-state index contributed by atoms with van der Waals surface area (Å²) in [5.74, 6) is 0. The highest BCUT2D eigenvalue weighted by atomic mass is 14.6. The van der Waals surface area contributed by atoms with Gasteiger partial charge in [0.2, 0.25) is 0 Å². The molecule has 0 aliphatic carbocycles. The van der Waals surface area contributed by atoms with Crippen LogP contribution in [0.3, 0.4) is 0 Å². The van der Waals surface area contributed by atoms with Gasteiger partial charge in [-0.25, -0.2) is 0 Å². The minimum Gasteiger partial charge on any atom is -0.264 e. The lowest BCUT2D eigenvalue weighted by Gasteiger charge is -2.20. The van der Waals surface area contributed by atoms with E-state index in [1.54, 1.807) is 0 Å². The van der Waals surface area contributed by atoms with E-state index in [9.17, 15) is 0 Å². The average Bonchev–Trinajstić information content (AvgIpc) is 2.07. The van der Waals surface area contributed by atoms with Gasteiger partial charge in [-0.3, -0.25) is 4.98 Å². The number of pyridine rings is 1. The van der Waals surface area contributed by atoms with E-state index in [1.807, 2.05) is 26.2 Å². The number of hydrogen-bond acceptors (Lipinski definition) is 1. The lowest BCUT2D eigenvalue weighted by Crippen LogP contribution is -2.13. The number of rotatable bonds is 0. The molecule has 0 aliphatic heterocycles. The molecule has 0 saturated heterocycles. The van der Waals surface area contributed by atoms with Crippen molar-refractivity contribution in [1.82, 2.24) is 4.98 Å². The zero-order valence-corrected chi connectivity index (χ0v) is 9.68. The van der Waals surface area contributed by atoms with Crippen molar-refractivity contribution in [2.24, 2.45) is 0 Å². The maximum Gasteiger partial charge on any atom is 0.0307 e. The van der Waals surface area contributed by atoms with Crippen LogP contribution in [0.2, 0.25) is 0 Å². The third-order valence-corrected chi connectivity index (χ3v) is 1.85. The highest BCUT2D eigenvalue weighted by Crippen LogP contribution is 2.23. The van der Waals surface area contributed by atoms with Crippen molar-refractivity contribution in [3.8, 4) is 0 Å². The van der Waals surface area contributed by atoms with Crippen LogP contribution in [0, 0.1) is 6.92 Å². The molecule has 0 aliphatic rings. The second-order valence-electron chi connectivity index (χ2n) is 3.94. The lowest BCUT2D eigenvalue weighted by molar-refractivity contribution is 0.583. The van der Waals surface area contributed by atoms with Crippen LogP contribution in [0.25, 0.3) is 0 Å². The summed E-state index contributed by atoms with van der Waals surface area (Å²) in [4.78, 5) is 4.11. The standard InChI is InChI=1S/C10H15N.C2H6/c1-8-5-6-11-7-9(8)10(2,3)4;1-2/h5-7H,1-4H3;1-2H3. The largest absolute Gasteiger partial charge is 0.264 e. The third kappa shape index (κ3) is 3.58. The summed E-state index contributed by atoms with van der Waals surface area (Å²) in [7, 11) is 0. The van der Waals surface area contributed by atoms with Crippen LogP contribution >= 0.6 is 0 Å². The van der Waals surface area contributed by atoms with E-state index in [1.165, 1.54) is 11.1 Å². The number of aromatic nitrogens is 1. The molecule has 1 heterocycles. The van der Waals surface area contributed by atoms with Crippen LogP contribution in [-0.2, 0) is 5.41 Å². The Bertz CT molecular complexity index is 246. The van der Waals surface area contributed by atoms with Gasteiger partial charge >= 0.3 is 0 Å². The molecular formula is C12H21N. The van der Waals surface area contributed by atoms with E-state index in [2.05, 4.69) is 38.7 Å². The zero-order chi connectivity index (χ0) is 10.5. The van der Waals surface area contributed by atoms with Gasteiger partial charge in [-0.2, -0.15) is 0 Å². The topological polar surface area (TPSA) is 12.9 Å². The molecule has 1 heteroatoms. The Morgan fingerprint density at radius 3 is 2.00 bits per heavy atom. The molecule has 0 atom stereocenters. The minimum atomic E-state index is 0.221. The van der Waals surface area contributed by atoms with Gasteiger partial charge in [-0.15, -0.1) is 0 Å². The normalized spacial score (nSPS) is 10.3. The van der Waals surface area contributed by atoms with Gasteiger partial charge in [0, 0.05) is 12.4 Å². The van der Waals surface area contributed by atoms with Crippen molar-refractivity contribution in [3.63, 3.8) is 0 Å². The summed E-state index contributed by atoms with van der Waals surface area (Å²) >= 11 is 0. The van der Waals surface area contributed by atoms with Crippen molar-refractivity contribution < 1.29 is 0 Å². The fourth-order valence-corrected chi connectivity index (χ4v) is 1.25. The number of nitrogens with zero attached hydrogens (tertiary/aromatic N) is 1. The molecule has 13 heavy (non-hydrogen) atoms. The van der Waals surface area contributed by atoms with E-state index in [0.717, 1.165) is 0 Å². The molecule has 0 N–H and O–H groups in total. The van der Waals surface area contributed by atoms with Crippen molar-refractivity contribution in [3.05, 3.63) is 29.6 Å². The number of hydrogen-bond donors (Lipinski definition) is 0. The molecule has 0 unspecified atom stereocenters. The van der Waals surface area contributed by atoms with Gasteiger partial charge in [-0.05, 0) is 29.5 Å². The van der Waals surface area contributed by atoms with Crippen LogP contribution in [0.15, 0.2) is 18.5 Å². The van der Waals surface area contributed by atoms with E-state index < -0.39 is 0 Å². The van der Waals surface area contributed by atoms with Crippen molar-refractivity contribution in [1.29, 1.82) is 0 Å². The fraction of sp³-hybridized carbons (Fsp3) is 0.583. The van der Waals surface area contributed by atoms with E-state index in [-0.39, 0.29) is 5.41 Å². The maximum atomic E-state index is 4.11. The van der Waals surface area contributed by atoms with Crippen LogP contribution in [0.5, 0.6) is 0 Å². The minimum absolute atomic E-state index is 0.221. The van der Waals surface area contributed by atoms with Crippen molar-refractivity contribution >= 4 is 0 Å². The third-order valence-electron chi connectivity index (χ3n) is 1.85. The summed E-state index contributed by atoms with van der Waals surface area (Å²) < 4.78 is 0. The highest BCUT2D eigenvalue weighted by Gasteiger charge is 2.15. The Labute approximate surface area is 82.2 Å². The van der Waals surface area contributed by atoms with E-state index in [0.29, 0.717) is 0 Å². The zero-order valence-electron chi connectivity index (χ0n) is 9.68. The molecule has 0 spiro atoms. The molecule has 0 aromatic carbocycles. The smallest absolute Gasteiger partial charge is 0.0307 e. The Morgan fingerprint density at radius 2 is 1.69 bits per heavy atom. The second-order valence-corrected chi connectivity index (χ2v) is 3.94. The van der Waals surface area contributed by atoms with Crippen molar-refractivity contribution in [2.45, 2.75) is 47.0 Å². The fourth-order valence-electron chi connectivity index (χ4n) is 1.25. The molecule has 0 fully saturated rings. The molecule has 1 aromatic rings. The molecule has 0 saturated carbocycles. The lowest BCUT2D eigenvalue weighted by atomic mass is 9.86. The summed E-state index contributed by atoms with van der Waals surface area (Å²) in [6.07, 6.45) is 3.79. The van der Waals surface area contributed by atoms with Gasteiger partial charge in [0.05, 0.1) is 0 Å². The SMILES string of the molecule is CC.Cc1ccncc1C(C)(C)C. The van der Waals surface area contributed by atoms with Crippen LogP contribution in [0.4, 0.5) is 0 Å².